The lowest BCUT2D eigenvalue weighted by atomic mass is 10.0. The second kappa shape index (κ2) is 7.28. The van der Waals surface area contributed by atoms with Crippen LogP contribution in [0.2, 0.25) is 0 Å². The second-order valence-corrected chi connectivity index (χ2v) is 6.62. The van der Waals surface area contributed by atoms with Gasteiger partial charge in [-0.25, -0.2) is 0 Å². The zero-order chi connectivity index (χ0) is 16.1. The Morgan fingerprint density at radius 1 is 1.35 bits per heavy atom. The third kappa shape index (κ3) is 4.01. The molecule has 2 fully saturated rings. The van der Waals surface area contributed by atoms with Crippen LogP contribution in [0.5, 0.6) is 0 Å². The predicted octanol–water partition coefficient (Wildman–Crippen LogP) is 2.83. The first-order chi connectivity index (χ1) is 11.2. The molecule has 2 aliphatic rings. The summed E-state index contributed by atoms with van der Waals surface area (Å²) in [6.07, 6.45) is 5.85. The van der Waals surface area contributed by atoms with E-state index in [1.807, 2.05) is 36.4 Å². The summed E-state index contributed by atoms with van der Waals surface area (Å²) in [6.45, 7) is 5.56. The third-order valence-corrected chi connectivity index (χ3v) is 4.80. The molecule has 124 valence electrons. The van der Waals surface area contributed by atoms with Crippen molar-refractivity contribution in [3.63, 3.8) is 0 Å². The van der Waals surface area contributed by atoms with Crippen LogP contribution in [-0.2, 0) is 20.9 Å². The number of nitrogens with one attached hydrogen (secondary N) is 1. The average molecular weight is 315 g/mol. The molecule has 0 radical (unpaired) electrons. The quantitative estimate of drug-likeness (QED) is 0.432. The number of carbonyl (C=O) groups is 1. The number of fused-ring (bicyclic) bond motifs is 1. The molecule has 1 saturated carbocycles. The maximum absolute atomic E-state index is 12.2. The minimum Gasteiger partial charge on any atom is -0.460 e. The van der Waals surface area contributed by atoms with Crippen LogP contribution >= 0.6 is 0 Å². The number of rotatable bonds is 9. The van der Waals surface area contributed by atoms with Gasteiger partial charge in [0.1, 0.15) is 12.6 Å². The molecule has 1 aromatic carbocycles. The van der Waals surface area contributed by atoms with Crippen molar-refractivity contribution < 1.29 is 14.3 Å². The molecule has 4 nitrogen and oxygen atoms in total. The summed E-state index contributed by atoms with van der Waals surface area (Å²) in [6, 6.07) is 10.0. The average Bonchev–Trinajstić information content (AvgIpc) is 3.13. The van der Waals surface area contributed by atoms with Gasteiger partial charge < -0.3 is 14.8 Å². The minimum absolute atomic E-state index is 0.146. The Balaban J connectivity index is 1.39. The van der Waals surface area contributed by atoms with E-state index in [2.05, 4.69) is 11.9 Å². The molecule has 3 atom stereocenters. The van der Waals surface area contributed by atoms with Gasteiger partial charge in [-0.3, -0.25) is 4.79 Å². The number of carbonyl (C=O) groups excluding carboxylic acids is 1. The first kappa shape index (κ1) is 16.2. The maximum atomic E-state index is 12.2. The van der Waals surface area contributed by atoms with Crippen molar-refractivity contribution in [3.05, 3.63) is 48.6 Å². The van der Waals surface area contributed by atoms with Gasteiger partial charge in [0.05, 0.1) is 6.61 Å². The number of piperidine rings is 1. The molecule has 4 heteroatoms. The van der Waals surface area contributed by atoms with Crippen LogP contribution < -0.4 is 5.32 Å². The Labute approximate surface area is 137 Å². The Morgan fingerprint density at radius 2 is 2.17 bits per heavy atom. The van der Waals surface area contributed by atoms with Gasteiger partial charge in [-0.05, 0) is 31.2 Å². The van der Waals surface area contributed by atoms with Crippen LogP contribution in [0.4, 0.5) is 0 Å². The van der Waals surface area contributed by atoms with Gasteiger partial charge in [0.15, 0.2) is 0 Å². The van der Waals surface area contributed by atoms with Gasteiger partial charge in [-0.2, -0.15) is 0 Å². The number of unbranched alkanes of at least 4 members (excludes halogenated alkanes) is 1. The van der Waals surface area contributed by atoms with E-state index in [1.54, 1.807) is 0 Å². The number of allylic oxidation sites excluding steroid dienone is 1. The zero-order valence-corrected chi connectivity index (χ0v) is 13.5. The summed E-state index contributed by atoms with van der Waals surface area (Å²) in [5, 5.41) is 3.39. The lowest BCUT2D eigenvalue weighted by molar-refractivity contribution is -0.147. The Bertz CT molecular complexity index is 545. The van der Waals surface area contributed by atoms with Gasteiger partial charge >= 0.3 is 5.97 Å². The lowest BCUT2D eigenvalue weighted by Gasteiger charge is -2.16. The van der Waals surface area contributed by atoms with Crippen molar-refractivity contribution in [2.75, 3.05) is 13.2 Å². The van der Waals surface area contributed by atoms with Crippen molar-refractivity contribution in [2.24, 2.45) is 5.41 Å². The van der Waals surface area contributed by atoms with E-state index in [4.69, 9.17) is 9.47 Å². The minimum atomic E-state index is -0.186. The highest BCUT2D eigenvalue weighted by molar-refractivity contribution is 5.77. The summed E-state index contributed by atoms with van der Waals surface area (Å²) in [5.74, 6) is -0.146. The molecular formula is C19H25NO3. The van der Waals surface area contributed by atoms with E-state index in [0.29, 0.717) is 12.6 Å². The molecule has 1 N–H and O–H groups in total. The molecule has 0 aromatic heterocycles. The molecule has 1 aromatic rings. The van der Waals surface area contributed by atoms with Crippen molar-refractivity contribution in [3.8, 4) is 0 Å². The smallest absolute Gasteiger partial charge is 0.323 e. The fourth-order valence-corrected chi connectivity index (χ4v) is 3.32. The monoisotopic (exact) mass is 315 g/mol. The molecule has 1 aliphatic carbocycles. The number of benzene rings is 1. The molecule has 0 bridgehead atoms. The summed E-state index contributed by atoms with van der Waals surface area (Å²) < 4.78 is 11.2. The van der Waals surface area contributed by atoms with Crippen molar-refractivity contribution >= 4 is 5.97 Å². The molecule has 0 spiro atoms. The highest BCUT2D eigenvalue weighted by atomic mass is 16.5. The normalized spacial score (nSPS) is 28.2. The van der Waals surface area contributed by atoms with Gasteiger partial charge in [0.25, 0.3) is 0 Å². The zero-order valence-electron chi connectivity index (χ0n) is 13.5. The Morgan fingerprint density at radius 3 is 2.96 bits per heavy atom. The maximum Gasteiger partial charge on any atom is 0.323 e. The van der Waals surface area contributed by atoms with E-state index in [1.165, 1.54) is 0 Å². The second-order valence-electron chi connectivity index (χ2n) is 6.62. The number of hydrogen-bond acceptors (Lipinski definition) is 4. The molecule has 1 aliphatic heterocycles. The highest BCUT2D eigenvalue weighted by Crippen LogP contribution is 2.54. The number of ether oxygens (including phenoxy) is 2. The van der Waals surface area contributed by atoms with Crippen molar-refractivity contribution in [1.82, 2.24) is 5.32 Å². The molecule has 3 rings (SSSR count). The third-order valence-electron chi connectivity index (χ3n) is 4.80. The van der Waals surface area contributed by atoms with Gasteiger partial charge in [-0.15, -0.1) is 6.58 Å². The largest absolute Gasteiger partial charge is 0.460 e. The van der Waals surface area contributed by atoms with E-state index < -0.39 is 0 Å². The van der Waals surface area contributed by atoms with Crippen LogP contribution in [-0.4, -0.2) is 31.3 Å². The van der Waals surface area contributed by atoms with Crippen LogP contribution in [0.1, 0.15) is 31.2 Å². The van der Waals surface area contributed by atoms with Crippen molar-refractivity contribution in [2.45, 2.75) is 44.4 Å². The van der Waals surface area contributed by atoms with Crippen LogP contribution in [0.15, 0.2) is 43.0 Å². The van der Waals surface area contributed by atoms with Crippen LogP contribution in [0.3, 0.4) is 0 Å². The van der Waals surface area contributed by atoms with Gasteiger partial charge in [0, 0.05) is 18.1 Å². The first-order valence-corrected chi connectivity index (χ1v) is 8.39. The number of esters is 1. The van der Waals surface area contributed by atoms with E-state index in [9.17, 15) is 4.79 Å². The summed E-state index contributed by atoms with van der Waals surface area (Å²) in [5.41, 5.74) is 1.18. The standard InChI is InChI=1S/C19H25NO3/c1-2-3-7-10-22-14-19-11-16(20-17(19)12-19)18(21)23-13-15-8-5-4-6-9-15/h2,4-6,8-9,16-17,20H,1,3,7,10-14H2/t16-,17-,19+/m0/s1. The summed E-state index contributed by atoms with van der Waals surface area (Å²) in [7, 11) is 0. The molecule has 1 saturated heterocycles. The molecule has 0 amide bonds. The molecule has 23 heavy (non-hydrogen) atoms. The SMILES string of the molecule is C=CCCCOC[C@]12C[C@@H](C(=O)OCc3ccccc3)N[C@H]1C2. The summed E-state index contributed by atoms with van der Waals surface area (Å²) in [4.78, 5) is 12.2. The fraction of sp³-hybridized carbons (Fsp3) is 0.526. The van der Waals surface area contributed by atoms with E-state index in [-0.39, 0.29) is 17.4 Å². The Kier molecular flexibility index (Phi) is 5.13. The predicted molar refractivity (Wildman–Crippen MR) is 88.9 cm³/mol. The topological polar surface area (TPSA) is 47.6 Å². The Hall–Kier alpha value is -1.65. The fourth-order valence-electron chi connectivity index (χ4n) is 3.32. The first-order valence-electron chi connectivity index (χ1n) is 8.39. The van der Waals surface area contributed by atoms with E-state index >= 15 is 0 Å². The van der Waals surface area contributed by atoms with Crippen LogP contribution in [0.25, 0.3) is 0 Å². The van der Waals surface area contributed by atoms with Gasteiger partial charge in [0.2, 0.25) is 0 Å². The molecular weight excluding hydrogens is 290 g/mol. The van der Waals surface area contributed by atoms with Gasteiger partial charge in [-0.1, -0.05) is 36.4 Å². The van der Waals surface area contributed by atoms with Crippen LogP contribution in [0, 0.1) is 5.41 Å². The highest BCUT2D eigenvalue weighted by Gasteiger charge is 2.61. The lowest BCUT2D eigenvalue weighted by Crippen LogP contribution is -2.35. The van der Waals surface area contributed by atoms with Crippen molar-refractivity contribution in [1.29, 1.82) is 0 Å². The number of hydrogen-bond donors (Lipinski definition) is 1. The van der Waals surface area contributed by atoms with E-state index in [0.717, 1.165) is 44.5 Å². The summed E-state index contributed by atoms with van der Waals surface area (Å²) >= 11 is 0. The molecule has 1 heterocycles. The molecule has 0 unspecified atom stereocenters.